The third-order valence-electron chi connectivity index (χ3n) is 0.888. The van der Waals surface area contributed by atoms with E-state index in [2.05, 4.69) is 12.6 Å². The lowest BCUT2D eigenvalue weighted by Crippen LogP contribution is -2.35. The molecular weight excluding hydrogens is 222 g/mol. The minimum absolute atomic E-state index is 0.324. The Morgan fingerprint density at radius 2 is 1.56 bits per heavy atom. The average molecular weight is 228 g/mol. The van der Waals surface area contributed by atoms with E-state index in [1.54, 1.807) is 6.92 Å². The molecular formula is C4H6Cl4S. The van der Waals surface area contributed by atoms with E-state index in [1.165, 1.54) is 0 Å². The van der Waals surface area contributed by atoms with Crippen molar-refractivity contribution in [2.24, 2.45) is 0 Å². The summed E-state index contributed by atoms with van der Waals surface area (Å²) >= 11 is 26.1. The first-order valence-electron chi connectivity index (χ1n) is 2.18. The molecule has 0 heterocycles. The monoisotopic (exact) mass is 226 g/mol. The summed E-state index contributed by atoms with van der Waals surface area (Å²) in [4.78, 5) is -0.888. The van der Waals surface area contributed by atoms with Gasteiger partial charge in [0.25, 0.3) is 0 Å². The smallest absolute Gasteiger partial charge is 0.177 e. The van der Waals surface area contributed by atoms with Crippen LogP contribution in [0.5, 0.6) is 0 Å². The van der Waals surface area contributed by atoms with Crippen LogP contribution in [0.4, 0.5) is 0 Å². The van der Waals surface area contributed by atoms with E-state index in [-0.39, 0.29) is 0 Å². The topological polar surface area (TPSA) is 0 Å². The predicted molar refractivity (Wildman–Crippen MR) is 48.4 cm³/mol. The van der Waals surface area contributed by atoms with Gasteiger partial charge in [0.2, 0.25) is 3.79 Å². The van der Waals surface area contributed by atoms with E-state index in [0.717, 1.165) is 0 Å². The molecule has 1 unspecified atom stereocenters. The van der Waals surface area contributed by atoms with E-state index < -0.39 is 8.67 Å². The van der Waals surface area contributed by atoms with Gasteiger partial charge in [-0.1, -0.05) is 34.8 Å². The van der Waals surface area contributed by atoms with Crippen molar-refractivity contribution in [3.63, 3.8) is 0 Å². The van der Waals surface area contributed by atoms with Crippen molar-refractivity contribution in [3.05, 3.63) is 0 Å². The summed E-state index contributed by atoms with van der Waals surface area (Å²) in [5.74, 6) is 0.324. The standard InChI is InChI=1S/C4H6Cl4S/c1-3(5,2-9)4(6,7)8/h9H,2H2,1H3. The van der Waals surface area contributed by atoms with Gasteiger partial charge in [0, 0.05) is 5.75 Å². The summed E-state index contributed by atoms with van der Waals surface area (Å²) in [6.07, 6.45) is 0. The van der Waals surface area contributed by atoms with Gasteiger partial charge in [-0.15, -0.1) is 11.6 Å². The molecule has 0 saturated heterocycles. The molecule has 0 aromatic rings. The number of halogens is 4. The van der Waals surface area contributed by atoms with E-state index in [9.17, 15) is 0 Å². The molecule has 0 aliphatic heterocycles. The Balaban J connectivity index is 4.14. The quantitative estimate of drug-likeness (QED) is 0.516. The Labute approximate surface area is 80.2 Å². The van der Waals surface area contributed by atoms with Crippen LogP contribution < -0.4 is 0 Å². The minimum atomic E-state index is -1.45. The molecule has 0 aliphatic rings. The second-order valence-electron chi connectivity index (χ2n) is 1.85. The maximum Gasteiger partial charge on any atom is 0.209 e. The fourth-order valence-electron chi connectivity index (χ4n) is 0.0896. The van der Waals surface area contributed by atoms with Crippen LogP contribution in [-0.4, -0.2) is 14.4 Å². The molecule has 0 rings (SSSR count). The molecule has 0 saturated carbocycles. The zero-order valence-electron chi connectivity index (χ0n) is 4.67. The molecule has 0 radical (unpaired) electrons. The van der Waals surface area contributed by atoms with E-state index in [4.69, 9.17) is 46.4 Å². The van der Waals surface area contributed by atoms with Crippen molar-refractivity contribution in [1.82, 2.24) is 0 Å². The third-order valence-corrected chi connectivity index (χ3v) is 3.67. The van der Waals surface area contributed by atoms with Crippen molar-refractivity contribution >= 4 is 59.0 Å². The second-order valence-corrected chi connectivity index (χ2v) is 5.28. The largest absolute Gasteiger partial charge is 0.209 e. The van der Waals surface area contributed by atoms with Crippen molar-refractivity contribution in [1.29, 1.82) is 0 Å². The van der Waals surface area contributed by atoms with Crippen LogP contribution in [0, 0.1) is 0 Å². The first-order chi connectivity index (χ1) is 3.81. The Kier molecular flexibility index (Phi) is 3.82. The van der Waals surface area contributed by atoms with Gasteiger partial charge >= 0.3 is 0 Å². The lowest BCUT2D eigenvalue weighted by Gasteiger charge is -2.27. The lowest BCUT2D eigenvalue weighted by molar-refractivity contribution is 0.732. The zero-order valence-corrected chi connectivity index (χ0v) is 8.58. The van der Waals surface area contributed by atoms with Crippen LogP contribution in [0.15, 0.2) is 0 Å². The second kappa shape index (κ2) is 3.27. The summed E-state index contributed by atoms with van der Waals surface area (Å²) in [5.41, 5.74) is 0. The highest BCUT2D eigenvalue weighted by Crippen LogP contribution is 2.42. The summed E-state index contributed by atoms with van der Waals surface area (Å²) in [6.45, 7) is 1.62. The minimum Gasteiger partial charge on any atom is -0.177 e. The summed E-state index contributed by atoms with van der Waals surface area (Å²) < 4.78 is -1.45. The van der Waals surface area contributed by atoms with Crippen molar-refractivity contribution in [2.45, 2.75) is 15.6 Å². The van der Waals surface area contributed by atoms with E-state index in [1.807, 2.05) is 0 Å². The Morgan fingerprint density at radius 1 is 1.22 bits per heavy atom. The van der Waals surface area contributed by atoms with Gasteiger partial charge in [-0.25, -0.2) is 0 Å². The highest BCUT2D eigenvalue weighted by atomic mass is 35.6. The van der Waals surface area contributed by atoms with Gasteiger partial charge in [-0.3, -0.25) is 0 Å². The third kappa shape index (κ3) is 2.94. The van der Waals surface area contributed by atoms with Crippen molar-refractivity contribution in [2.75, 3.05) is 5.75 Å². The molecule has 0 amide bonds. The van der Waals surface area contributed by atoms with Crippen LogP contribution in [0.1, 0.15) is 6.92 Å². The summed E-state index contributed by atoms with van der Waals surface area (Å²) in [5, 5.41) is 0. The van der Waals surface area contributed by atoms with Crippen molar-refractivity contribution in [3.8, 4) is 0 Å². The molecule has 56 valence electrons. The van der Waals surface area contributed by atoms with Gasteiger partial charge in [-0.2, -0.15) is 12.6 Å². The fraction of sp³-hybridized carbons (Fsp3) is 1.00. The number of rotatable bonds is 1. The average Bonchev–Trinajstić information content (AvgIpc) is 1.64. The number of hydrogen-bond donors (Lipinski definition) is 1. The highest BCUT2D eigenvalue weighted by Gasteiger charge is 2.41. The molecule has 0 spiro atoms. The molecule has 5 heteroatoms. The summed E-state index contributed by atoms with van der Waals surface area (Å²) in [7, 11) is 0. The van der Waals surface area contributed by atoms with E-state index >= 15 is 0 Å². The first-order valence-corrected chi connectivity index (χ1v) is 4.32. The first kappa shape index (κ1) is 10.5. The van der Waals surface area contributed by atoms with Crippen LogP contribution >= 0.6 is 59.0 Å². The maximum atomic E-state index is 5.72. The molecule has 0 bridgehead atoms. The predicted octanol–water partition coefficient (Wildman–Crippen LogP) is 3.28. The van der Waals surface area contributed by atoms with Gasteiger partial charge < -0.3 is 0 Å². The number of alkyl halides is 4. The fourth-order valence-corrected chi connectivity index (χ4v) is 0.807. The van der Waals surface area contributed by atoms with Crippen LogP contribution in [0.2, 0.25) is 0 Å². The van der Waals surface area contributed by atoms with Gasteiger partial charge in [0.1, 0.15) is 0 Å². The van der Waals surface area contributed by atoms with Crippen LogP contribution in [-0.2, 0) is 0 Å². The SMILES string of the molecule is CC(Cl)(CS)C(Cl)(Cl)Cl. The normalized spacial score (nSPS) is 19.3. The zero-order chi connectivity index (χ0) is 7.71. The van der Waals surface area contributed by atoms with Gasteiger partial charge in [0.05, 0.1) is 4.87 Å². The van der Waals surface area contributed by atoms with Gasteiger partial charge in [-0.05, 0) is 6.92 Å². The van der Waals surface area contributed by atoms with Crippen molar-refractivity contribution < 1.29 is 0 Å². The lowest BCUT2D eigenvalue weighted by atomic mass is 10.2. The van der Waals surface area contributed by atoms with Crippen LogP contribution in [0.3, 0.4) is 0 Å². The molecule has 0 N–H and O–H groups in total. The number of hydrogen-bond acceptors (Lipinski definition) is 1. The molecule has 9 heavy (non-hydrogen) atoms. The molecule has 0 fully saturated rings. The number of thiol groups is 1. The van der Waals surface area contributed by atoms with Gasteiger partial charge in [0.15, 0.2) is 0 Å². The maximum absolute atomic E-state index is 5.72. The van der Waals surface area contributed by atoms with E-state index in [0.29, 0.717) is 5.75 Å². The highest BCUT2D eigenvalue weighted by molar-refractivity contribution is 7.80. The molecule has 0 aromatic carbocycles. The molecule has 0 nitrogen and oxygen atoms in total. The Bertz CT molecular complexity index is 95.2. The molecule has 0 aromatic heterocycles. The summed E-state index contributed by atoms with van der Waals surface area (Å²) in [6, 6.07) is 0. The Hall–Kier alpha value is 1.51. The Morgan fingerprint density at radius 3 is 1.56 bits per heavy atom. The van der Waals surface area contributed by atoms with Crippen LogP contribution in [0.25, 0.3) is 0 Å². The molecule has 1 atom stereocenters. The molecule has 0 aliphatic carbocycles.